The Morgan fingerprint density at radius 2 is 1.65 bits per heavy atom. The van der Waals surface area contributed by atoms with Crippen molar-refractivity contribution in [3.8, 4) is 11.5 Å². The molecule has 186 valence electrons. The summed E-state index contributed by atoms with van der Waals surface area (Å²) in [5, 5.41) is 2.59. The second-order valence-electron chi connectivity index (χ2n) is 7.85. The van der Waals surface area contributed by atoms with E-state index in [1.807, 2.05) is 31.2 Å². The molecule has 0 aliphatic carbocycles. The Balaban J connectivity index is 2.46. The summed E-state index contributed by atoms with van der Waals surface area (Å²) in [5.41, 5.74) is 2.15. The monoisotopic (exact) mass is 491 g/mol. The van der Waals surface area contributed by atoms with Crippen LogP contribution in [0.15, 0.2) is 42.5 Å². The number of aryl methyl sites for hydroxylation is 1. The lowest BCUT2D eigenvalue weighted by Crippen LogP contribution is -2.51. The van der Waals surface area contributed by atoms with Gasteiger partial charge in [-0.2, -0.15) is 0 Å². The third kappa shape index (κ3) is 6.63. The normalized spacial score (nSPS) is 11.9. The smallest absolute Gasteiger partial charge is 0.244 e. The molecule has 2 amide bonds. The van der Waals surface area contributed by atoms with Crippen LogP contribution in [0.4, 0.5) is 5.69 Å². The number of sulfonamides is 1. The van der Waals surface area contributed by atoms with Crippen LogP contribution in [0.2, 0.25) is 0 Å². The minimum absolute atomic E-state index is 0.161. The molecule has 0 fully saturated rings. The number of rotatable bonds is 11. The first-order valence-electron chi connectivity index (χ1n) is 10.8. The average Bonchev–Trinajstić information content (AvgIpc) is 2.82. The lowest BCUT2D eigenvalue weighted by molar-refractivity contribution is -0.140. The molecule has 0 saturated heterocycles. The van der Waals surface area contributed by atoms with Crippen molar-refractivity contribution in [2.75, 3.05) is 38.4 Å². The van der Waals surface area contributed by atoms with Gasteiger partial charge in [0, 0.05) is 19.7 Å². The number of hydrogen-bond acceptors (Lipinski definition) is 6. The molecule has 0 aliphatic heterocycles. The van der Waals surface area contributed by atoms with Crippen molar-refractivity contribution < 1.29 is 27.5 Å². The third-order valence-corrected chi connectivity index (χ3v) is 6.58. The Hall–Kier alpha value is -3.27. The van der Waals surface area contributed by atoms with E-state index < -0.39 is 28.5 Å². The summed E-state index contributed by atoms with van der Waals surface area (Å²) in [7, 11) is 0.582. The zero-order valence-electron chi connectivity index (χ0n) is 20.5. The maximum absolute atomic E-state index is 13.5. The second kappa shape index (κ2) is 11.7. The van der Waals surface area contributed by atoms with Gasteiger partial charge in [0.2, 0.25) is 21.8 Å². The average molecular weight is 492 g/mol. The lowest BCUT2D eigenvalue weighted by atomic mass is 10.1. The van der Waals surface area contributed by atoms with Crippen LogP contribution < -0.4 is 19.1 Å². The minimum atomic E-state index is -3.84. The number of nitrogens with zero attached hydrogens (tertiary/aromatic N) is 2. The highest BCUT2D eigenvalue weighted by molar-refractivity contribution is 7.92. The maximum atomic E-state index is 13.5. The Kier molecular flexibility index (Phi) is 9.31. The number of carbonyl (C=O) groups is 2. The summed E-state index contributed by atoms with van der Waals surface area (Å²) < 4.78 is 36.9. The third-order valence-electron chi connectivity index (χ3n) is 5.44. The van der Waals surface area contributed by atoms with E-state index in [0.717, 1.165) is 21.7 Å². The van der Waals surface area contributed by atoms with Gasteiger partial charge in [0.25, 0.3) is 0 Å². The van der Waals surface area contributed by atoms with Gasteiger partial charge in [0.05, 0.1) is 26.2 Å². The standard InChI is InChI=1S/C24H33N3O6S/c1-7-20(24(29)25-3)26(15-18-10-8-17(2)9-11-18)23(28)16-27(34(6,30)31)19-12-13-21(32-4)22(14-19)33-5/h8-14,20H,7,15-16H2,1-6H3,(H,25,29)/t20-/m0/s1. The van der Waals surface area contributed by atoms with E-state index in [0.29, 0.717) is 17.9 Å². The predicted molar refractivity (Wildman–Crippen MR) is 132 cm³/mol. The molecule has 9 nitrogen and oxygen atoms in total. The number of amides is 2. The number of anilines is 1. The number of likely N-dealkylation sites (N-methyl/N-ethyl adjacent to an activating group) is 1. The number of methoxy groups -OCH3 is 2. The van der Waals surface area contributed by atoms with E-state index in [1.165, 1.54) is 38.3 Å². The van der Waals surface area contributed by atoms with Crippen LogP contribution in [0.3, 0.4) is 0 Å². The van der Waals surface area contributed by atoms with Crippen LogP contribution in [0.25, 0.3) is 0 Å². The first-order chi connectivity index (χ1) is 16.0. The number of ether oxygens (including phenoxy) is 2. The van der Waals surface area contributed by atoms with Crippen molar-refractivity contribution in [3.63, 3.8) is 0 Å². The minimum Gasteiger partial charge on any atom is -0.493 e. The molecule has 0 spiro atoms. The van der Waals surface area contributed by atoms with Crippen molar-refractivity contribution in [2.24, 2.45) is 0 Å². The predicted octanol–water partition coefficient (Wildman–Crippen LogP) is 2.33. The quantitative estimate of drug-likeness (QED) is 0.517. The summed E-state index contributed by atoms with van der Waals surface area (Å²) in [6, 6.07) is 11.5. The second-order valence-corrected chi connectivity index (χ2v) is 9.76. The Morgan fingerprint density at radius 3 is 2.15 bits per heavy atom. The number of nitrogens with one attached hydrogen (secondary N) is 1. The van der Waals surface area contributed by atoms with E-state index in [4.69, 9.17) is 9.47 Å². The molecular weight excluding hydrogens is 458 g/mol. The molecule has 10 heteroatoms. The van der Waals surface area contributed by atoms with Gasteiger partial charge in [-0.3, -0.25) is 13.9 Å². The molecule has 0 radical (unpaired) electrons. The fraction of sp³-hybridized carbons (Fsp3) is 0.417. The number of carbonyl (C=O) groups excluding carboxylic acids is 2. The summed E-state index contributed by atoms with van der Waals surface area (Å²) >= 11 is 0. The Morgan fingerprint density at radius 1 is 1.03 bits per heavy atom. The summed E-state index contributed by atoms with van der Waals surface area (Å²) in [5.74, 6) is -0.0664. The molecule has 2 rings (SSSR count). The fourth-order valence-electron chi connectivity index (χ4n) is 3.57. The van der Waals surface area contributed by atoms with E-state index in [2.05, 4.69) is 5.32 Å². The molecule has 0 aromatic heterocycles. The van der Waals surface area contributed by atoms with E-state index in [1.54, 1.807) is 13.0 Å². The molecule has 2 aromatic rings. The van der Waals surface area contributed by atoms with Crippen LogP contribution in [0.5, 0.6) is 11.5 Å². The van der Waals surface area contributed by atoms with Crippen molar-refractivity contribution >= 4 is 27.5 Å². The summed E-state index contributed by atoms with van der Waals surface area (Å²) in [6.45, 7) is 3.44. The van der Waals surface area contributed by atoms with Gasteiger partial charge < -0.3 is 19.7 Å². The van der Waals surface area contributed by atoms with Crippen molar-refractivity contribution in [3.05, 3.63) is 53.6 Å². The van der Waals surface area contributed by atoms with E-state index in [9.17, 15) is 18.0 Å². The molecular formula is C24H33N3O6S. The van der Waals surface area contributed by atoms with Crippen molar-refractivity contribution in [2.45, 2.75) is 32.9 Å². The van der Waals surface area contributed by atoms with E-state index in [-0.39, 0.29) is 18.1 Å². The molecule has 1 N–H and O–H groups in total. The van der Waals surface area contributed by atoms with Crippen LogP contribution in [0, 0.1) is 6.92 Å². The van der Waals surface area contributed by atoms with Crippen LogP contribution in [-0.2, 0) is 26.2 Å². The lowest BCUT2D eigenvalue weighted by Gasteiger charge is -2.32. The van der Waals surface area contributed by atoms with Gasteiger partial charge in [-0.25, -0.2) is 8.42 Å². The molecule has 1 atom stereocenters. The Labute approximate surface area is 201 Å². The highest BCUT2D eigenvalue weighted by Gasteiger charge is 2.31. The summed E-state index contributed by atoms with van der Waals surface area (Å²) in [6.07, 6.45) is 1.39. The van der Waals surface area contributed by atoms with Gasteiger partial charge in [-0.05, 0) is 31.0 Å². The zero-order valence-corrected chi connectivity index (χ0v) is 21.3. The van der Waals surface area contributed by atoms with Crippen LogP contribution in [0.1, 0.15) is 24.5 Å². The molecule has 2 aromatic carbocycles. The molecule has 0 unspecified atom stereocenters. The van der Waals surface area contributed by atoms with Crippen LogP contribution in [-0.4, -0.2) is 65.2 Å². The largest absolute Gasteiger partial charge is 0.493 e. The zero-order chi connectivity index (χ0) is 25.5. The van der Waals surface area contributed by atoms with Gasteiger partial charge in [-0.1, -0.05) is 36.8 Å². The molecule has 0 saturated carbocycles. The van der Waals surface area contributed by atoms with E-state index >= 15 is 0 Å². The molecule has 0 heterocycles. The van der Waals surface area contributed by atoms with Gasteiger partial charge in [-0.15, -0.1) is 0 Å². The fourth-order valence-corrected chi connectivity index (χ4v) is 4.41. The van der Waals surface area contributed by atoms with Gasteiger partial charge >= 0.3 is 0 Å². The first-order valence-corrected chi connectivity index (χ1v) is 12.7. The molecule has 0 aliphatic rings. The maximum Gasteiger partial charge on any atom is 0.244 e. The molecule has 0 bridgehead atoms. The van der Waals surface area contributed by atoms with Crippen molar-refractivity contribution in [1.29, 1.82) is 0 Å². The van der Waals surface area contributed by atoms with Crippen LogP contribution >= 0.6 is 0 Å². The first kappa shape index (κ1) is 27.0. The van der Waals surface area contributed by atoms with Gasteiger partial charge in [0.15, 0.2) is 11.5 Å². The van der Waals surface area contributed by atoms with Gasteiger partial charge in [0.1, 0.15) is 12.6 Å². The highest BCUT2D eigenvalue weighted by Crippen LogP contribution is 2.32. The number of hydrogen-bond donors (Lipinski definition) is 1. The van der Waals surface area contributed by atoms with Crippen molar-refractivity contribution in [1.82, 2.24) is 10.2 Å². The summed E-state index contributed by atoms with van der Waals surface area (Å²) in [4.78, 5) is 27.5. The highest BCUT2D eigenvalue weighted by atomic mass is 32.2. The topological polar surface area (TPSA) is 105 Å². The SMILES string of the molecule is CC[C@@H](C(=O)NC)N(Cc1ccc(C)cc1)C(=O)CN(c1ccc(OC)c(OC)c1)S(C)(=O)=O. The Bertz CT molecular complexity index is 1100. The number of benzene rings is 2. The molecule has 34 heavy (non-hydrogen) atoms.